The lowest BCUT2D eigenvalue weighted by atomic mass is 9.98. The van der Waals surface area contributed by atoms with Crippen LogP contribution in [0.4, 0.5) is 0 Å². The number of benzene rings is 3. The monoisotopic (exact) mass is 566 g/mol. The van der Waals surface area contributed by atoms with Gasteiger partial charge in [0.15, 0.2) is 11.5 Å². The SMILES string of the molecule is C=C(C)C(=O)Oc1ccc(-c2ccc(-c3ccc(OC(=O)C(=C)C)c(OC(=O)C(=C)C)c3)cc2OC(=O)C(=C)C)cc1. The van der Waals surface area contributed by atoms with E-state index in [0.717, 1.165) is 0 Å². The predicted molar refractivity (Wildman–Crippen MR) is 159 cm³/mol. The fourth-order valence-electron chi connectivity index (χ4n) is 3.33. The highest BCUT2D eigenvalue weighted by Gasteiger charge is 2.18. The molecular formula is C34H30O8. The number of carbonyl (C=O) groups is 4. The molecule has 0 bridgehead atoms. The first-order chi connectivity index (χ1) is 19.8. The second-order valence-electron chi connectivity index (χ2n) is 9.58. The van der Waals surface area contributed by atoms with Crippen molar-refractivity contribution in [3.63, 3.8) is 0 Å². The first-order valence-corrected chi connectivity index (χ1v) is 12.7. The van der Waals surface area contributed by atoms with Gasteiger partial charge in [0.25, 0.3) is 0 Å². The van der Waals surface area contributed by atoms with Crippen LogP contribution in [0.1, 0.15) is 27.7 Å². The van der Waals surface area contributed by atoms with Crippen molar-refractivity contribution in [2.75, 3.05) is 0 Å². The van der Waals surface area contributed by atoms with Gasteiger partial charge in [-0.2, -0.15) is 0 Å². The molecule has 0 saturated carbocycles. The van der Waals surface area contributed by atoms with Gasteiger partial charge in [-0.05, 0) is 74.7 Å². The average molecular weight is 567 g/mol. The Bertz CT molecular complexity index is 1640. The molecule has 3 aromatic rings. The summed E-state index contributed by atoms with van der Waals surface area (Å²) in [6, 6.07) is 16.5. The van der Waals surface area contributed by atoms with Gasteiger partial charge in [-0.25, -0.2) is 19.2 Å². The molecule has 0 spiro atoms. The quantitative estimate of drug-likeness (QED) is 0.148. The number of esters is 4. The molecule has 8 heteroatoms. The molecule has 8 nitrogen and oxygen atoms in total. The topological polar surface area (TPSA) is 105 Å². The third kappa shape index (κ3) is 7.79. The molecule has 3 rings (SSSR count). The first-order valence-electron chi connectivity index (χ1n) is 12.7. The summed E-state index contributed by atoms with van der Waals surface area (Å²) in [7, 11) is 0. The Morgan fingerprint density at radius 3 is 1.33 bits per heavy atom. The number of hydrogen-bond donors (Lipinski definition) is 0. The van der Waals surface area contributed by atoms with Gasteiger partial charge in [0.2, 0.25) is 0 Å². The van der Waals surface area contributed by atoms with E-state index in [1.165, 1.54) is 32.9 Å². The molecule has 42 heavy (non-hydrogen) atoms. The molecule has 0 aromatic heterocycles. The van der Waals surface area contributed by atoms with Crippen LogP contribution in [-0.2, 0) is 19.2 Å². The van der Waals surface area contributed by atoms with Crippen molar-refractivity contribution in [1.82, 2.24) is 0 Å². The molecule has 0 atom stereocenters. The molecule has 0 amide bonds. The number of hydrogen-bond acceptors (Lipinski definition) is 8. The molecule has 0 fully saturated rings. The summed E-state index contributed by atoms with van der Waals surface area (Å²) in [4.78, 5) is 48.8. The zero-order chi connectivity index (χ0) is 31.1. The second kappa shape index (κ2) is 13.2. The normalized spacial score (nSPS) is 10.2. The number of rotatable bonds is 10. The van der Waals surface area contributed by atoms with Crippen LogP contribution in [0.15, 0.2) is 109 Å². The van der Waals surface area contributed by atoms with E-state index in [2.05, 4.69) is 26.3 Å². The summed E-state index contributed by atoms with van der Waals surface area (Å²) in [5, 5.41) is 0. The van der Waals surface area contributed by atoms with E-state index in [1.807, 2.05) is 0 Å². The first kappa shape index (κ1) is 31.0. The number of ether oxygens (including phenoxy) is 4. The Morgan fingerprint density at radius 1 is 0.452 bits per heavy atom. The summed E-state index contributed by atoms with van der Waals surface area (Å²) in [6.45, 7) is 20.4. The Labute approximate surface area is 244 Å². The molecule has 3 aromatic carbocycles. The van der Waals surface area contributed by atoms with Gasteiger partial charge in [-0.15, -0.1) is 0 Å². The van der Waals surface area contributed by atoms with Crippen LogP contribution >= 0.6 is 0 Å². The van der Waals surface area contributed by atoms with Gasteiger partial charge < -0.3 is 18.9 Å². The third-order valence-electron chi connectivity index (χ3n) is 5.64. The molecule has 0 aliphatic carbocycles. The molecule has 0 radical (unpaired) electrons. The highest BCUT2D eigenvalue weighted by Crippen LogP contribution is 2.38. The highest BCUT2D eigenvalue weighted by molar-refractivity contribution is 5.93. The van der Waals surface area contributed by atoms with Crippen LogP contribution in [0, 0.1) is 0 Å². The van der Waals surface area contributed by atoms with E-state index in [9.17, 15) is 19.2 Å². The standard InChI is InChI=1S/C34H30O8/c1-19(2)31(35)39-26-13-9-23(10-14-26)27-15-11-24(17-29(27)41-33(37)21(5)6)25-12-16-28(40-32(36)20(3)4)30(18-25)42-34(38)22(7)8/h9-18H,1,3,5,7H2,2,4,6,8H3. The Balaban J connectivity index is 2.07. The van der Waals surface area contributed by atoms with Gasteiger partial charge in [0, 0.05) is 27.9 Å². The van der Waals surface area contributed by atoms with Crippen LogP contribution in [-0.4, -0.2) is 23.9 Å². The maximum Gasteiger partial charge on any atom is 0.338 e. The zero-order valence-corrected chi connectivity index (χ0v) is 23.9. The van der Waals surface area contributed by atoms with Crippen molar-refractivity contribution in [2.45, 2.75) is 27.7 Å². The van der Waals surface area contributed by atoms with E-state index >= 15 is 0 Å². The fraction of sp³-hybridized carbons (Fsp3) is 0.118. The van der Waals surface area contributed by atoms with Crippen molar-refractivity contribution in [2.24, 2.45) is 0 Å². The zero-order valence-electron chi connectivity index (χ0n) is 23.9. The predicted octanol–water partition coefficient (Wildman–Crippen LogP) is 6.95. The van der Waals surface area contributed by atoms with Gasteiger partial charge in [-0.3, -0.25) is 0 Å². The fourth-order valence-corrected chi connectivity index (χ4v) is 3.33. The van der Waals surface area contributed by atoms with Crippen molar-refractivity contribution in [3.8, 4) is 45.3 Å². The van der Waals surface area contributed by atoms with Crippen molar-refractivity contribution in [1.29, 1.82) is 0 Å². The van der Waals surface area contributed by atoms with Crippen molar-refractivity contribution in [3.05, 3.63) is 109 Å². The van der Waals surface area contributed by atoms with Crippen LogP contribution in [0.5, 0.6) is 23.0 Å². The molecular weight excluding hydrogens is 536 g/mol. The van der Waals surface area contributed by atoms with Gasteiger partial charge in [0.1, 0.15) is 11.5 Å². The second-order valence-corrected chi connectivity index (χ2v) is 9.58. The highest BCUT2D eigenvalue weighted by atomic mass is 16.6. The molecule has 0 N–H and O–H groups in total. The molecule has 0 heterocycles. The maximum absolute atomic E-state index is 12.5. The van der Waals surface area contributed by atoms with Crippen LogP contribution in [0.3, 0.4) is 0 Å². The van der Waals surface area contributed by atoms with Gasteiger partial charge in [-0.1, -0.05) is 56.6 Å². The lowest BCUT2D eigenvalue weighted by molar-refractivity contribution is -0.132. The van der Waals surface area contributed by atoms with E-state index < -0.39 is 23.9 Å². The largest absolute Gasteiger partial charge is 0.423 e. The lowest BCUT2D eigenvalue weighted by Gasteiger charge is -2.15. The van der Waals surface area contributed by atoms with Gasteiger partial charge >= 0.3 is 23.9 Å². The molecule has 214 valence electrons. The Kier molecular flexibility index (Phi) is 9.78. The Morgan fingerprint density at radius 2 is 0.833 bits per heavy atom. The van der Waals surface area contributed by atoms with Crippen molar-refractivity contribution < 1.29 is 38.1 Å². The van der Waals surface area contributed by atoms with Crippen LogP contribution < -0.4 is 18.9 Å². The summed E-state index contributed by atoms with van der Waals surface area (Å²) in [6.07, 6.45) is 0. The third-order valence-corrected chi connectivity index (χ3v) is 5.64. The maximum atomic E-state index is 12.5. The van der Waals surface area contributed by atoms with E-state index in [4.69, 9.17) is 18.9 Å². The molecule has 0 saturated heterocycles. The van der Waals surface area contributed by atoms with E-state index in [-0.39, 0.29) is 39.5 Å². The summed E-state index contributed by atoms with van der Waals surface area (Å²) >= 11 is 0. The summed E-state index contributed by atoms with van der Waals surface area (Å²) in [5.74, 6) is -2.01. The van der Waals surface area contributed by atoms with Gasteiger partial charge in [0.05, 0.1) is 0 Å². The number of carbonyl (C=O) groups excluding carboxylic acids is 4. The minimum atomic E-state index is -0.705. The lowest BCUT2D eigenvalue weighted by Crippen LogP contribution is -2.12. The minimum absolute atomic E-state index is 0.0133. The van der Waals surface area contributed by atoms with Crippen LogP contribution in [0.25, 0.3) is 22.3 Å². The van der Waals surface area contributed by atoms with E-state index in [0.29, 0.717) is 28.0 Å². The Hall–Kier alpha value is -5.50. The smallest absolute Gasteiger partial charge is 0.338 e. The summed E-state index contributed by atoms with van der Waals surface area (Å²) < 4.78 is 21.7. The molecule has 0 aliphatic heterocycles. The van der Waals surface area contributed by atoms with E-state index in [1.54, 1.807) is 55.5 Å². The molecule has 0 aliphatic rings. The minimum Gasteiger partial charge on any atom is -0.423 e. The van der Waals surface area contributed by atoms with Crippen molar-refractivity contribution >= 4 is 23.9 Å². The average Bonchev–Trinajstić information content (AvgIpc) is 2.94. The van der Waals surface area contributed by atoms with Crippen LogP contribution in [0.2, 0.25) is 0 Å². The summed E-state index contributed by atoms with van der Waals surface area (Å²) in [5.41, 5.74) is 3.20. The molecule has 0 unspecified atom stereocenters.